The fourth-order valence-electron chi connectivity index (χ4n) is 5.29. The average molecular weight is 335 g/mol. The molecule has 0 N–H and O–H groups in total. The van der Waals surface area contributed by atoms with Gasteiger partial charge in [-0.2, -0.15) is 0 Å². The van der Waals surface area contributed by atoms with Crippen LogP contribution in [0.25, 0.3) is 0 Å². The summed E-state index contributed by atoms with van der Waals surface area (Å²) in [6, 6.07) is 0. The van der Waals surface area contributed by atoms with E-state index in [0.29, 0.717) is 24.8 Å². The zero-order chi connectivity index (χ0) is 17.2. The summed E-state index contributed by atoms with van der Waals surface area (Å²) >= 11 is 0. The number of piperidine rings is 1. The van der Waals surface area contributed by atoms with Crippen LogP contribution in [0.15, 0.2) is 0 Å². The van der Waals surface area contributed by atoms with Crippen LogP contribution in [-0.2, 0) is 9.59 Å². The van der Waals surface area contributed by atoms with E-state index in [4.69, 9.17) is 0 Å². The van der Waals surface area contributed by atoms with Crippen LogP contribution in [0.3, 0.4) is 0 Å². The van der Waals surface area contributed by atoms with Gasteiger partial charge in [0.15, 0.2) is 0 Å². The van der Waals surface area contributed by atoms with Crippen LogP contribution >= 0.6 is 0 Å². The molecule has 24 heavy (non-hydrogen) atoms. The Balaban J connectivity index is 1.56. The smallest absolute Gasteiger partial charge is 0.229 e. The molecule has 2 aliphatic carbocycles. The molecule has 3 aliphatic rings. The van der Waals surface area contributed by atoms with Gasteiger partial charge in [0.25, 0.3) is 0 Å². The van der Waals surface area contributed by atoms with Crippen molar-refractivity contribution in [2.24, 2.45) is 10.8 Å². The minimum Gasteiger partial charge on any atom is -0.309 e. The van der Waals surface area contributed by atoms with E-state index in [-0.39, 0.29) is 17.2 Å². The minimum absolute atomic E-state index is 0.00505. The van der Waals surface area contributed by atoms with E-state index < -0.39 is 0 Å². The minimum atomic E-state index is -0.00505. The number of imide groups is 1. The number of rotatable bonds is 4. The summed E-state index contributed by atoms with van der Waals surface area (Å²) in [7, 11) is 4.05. The fraction of sp³-hybridized carbons (Fsp3) is 0.900. The van der Waals surface area contributed by atoms with Crippen molar-refractivity contribution in [2.45, 2.75) is 77.0 Å². The largest absolute Gasteiger partial charge is 0.309 e. The van der Waals surface area contributed by atoms with Crippen molar-refractivity contribution in [3.63, 3.8) is 0 Å². The Morgan fingerprint density at radius 1 is 0.833 bits per heavy atom. The van der Waals surface area contributed by atoms with Gasteiger partial charge in [0.1, 0.15) is 0 Å². The van der Waals surface area contributed by atoms with Gasteiger partial charge >= 0.3 is 0 Å². The lowest BCUT2D eigenvalue weighted by Crippen LogP contribution is -2.50. The lowest BCUT2D eigenvalue weighted by molar-refractivity contribution is -0.156. The number of carbonyl (C=O) groups is 2. The van der Waals surface area contributed by atoms with Crippen molar-refractivity contribution in [1.82, 2.24) is 9.80 Å². The van der Waals surface area contributed by atoms with Crippen LogP contribution in [0.4, 0.5) is 0 Å². The quantitative estimate of drug-likeness (QED) is 0.738. The topological polar surface area (TPSA) is 40.6 Å². The van der Waals surface area contributed by atoms with E-state index in [9.17, 15) is 9.59 Å². The average Bonchev–Trinajstić information content (AvgIpc) is 2.54. The Bertz CT molecular complexity index is 450. The van der Waals surface area contributed by atoms with Crippen LogP contribution in [-0.4, -0.2) is 48.8 Å². The lowest BCUT2D eigenvalue weighted by Gasteiger charge is -2.50. The molecule has 1 aliphatic heterocycles. The molecule has 136 valence electrons. The summed E-state index contributed by atoms with van der Waals surface area (Å²) in [5, 5.41) is 0. The molecule has 1 heterocycles. The summed E-state index contributed by atoms with van der Waals surface area (Å²) in [4.78, 5) is 28.9. The second kappa shape index (κ2) is 7.15. The summed E-state index contributed by atoms with van der Waals surface area (Å²) in [6.07, 6.45) is 13.7. The molecule has 0 radical (unpaired) electrons. The maximum atomic E-state index is 12.6. The third-order valence-corrected chi connectivity index (χ3v) is 6.93. The standard InChI is InChI=1S/C20H34N2O2/c1-21(2)13-6-14-22-17(23)15-20(16-18(22)24)11-9-19(10-12-20)7-4-3-5-8-19/h3-16H2,1-2H3. The van der Waals surface area contributed by atoms with E-state index in [1.165, 1.54) is 44.9 Å². The molecule has 2 saturated carbocycles. The number of amides is 2. The van der Waals surface area contributed by atoms with Crippen LogP contribution in [0.5, 0.6) is 0 Å². The SMILES string of the molecule is CN(C)CCCN1C(=O)CC2(CCC3(CCCCC3)CC2)CC1=O. The molecular weight excluding hydrogens is 300 g/mol. The van der Waals surface area contributed by atoms with Gasteiger partial charge < -0.3 is 4.90 Å². The molecule has 4 nitrogen and oxygen atoms in total. The molecule has 3 fully saturated rings. The zero-order valence-corrected chi connectivity index (χ0v) is 15.6. The van der Waals surface area contributed by atoms with Crippen LogP contribution in [0.2, 0.25) is 0 Å². The van der Waals surface area contributed by atoms with E-state index in [1.54, 1.807) is 4.90 Å². The van der Waals surface area contributed by atoms with Gasteiger partial charge in [-0.3, -0.25) is 14.5 Å². The van der Waals surface area contributed by atoms with Gasteiger partial charge in [-0.25, -0.2) is 0 Å². The van der Waals surface area contributed by atoms with Crippen LogP contribution in [0.1, 0.15) is 77.0 Å². The maximum absolute atomic E-state index is 12.6. The van der Waals surface area contributed by atoms with Gasteiger partial charge in [0.2, 0.25) is 11.8 Å². The third kappa shape index (κ3) is 3.84. The first-order chi connectivity index (χ1) is 11.4. The van der Waals surface area contributed by atoms with Crippen molar-refractivity contribution in [3.8, 4) is 0 Å². The molecular formula is C20H34N2O2. The maximum Gasteiger partial charge on any atom is 0.229 e. The monoisotopic (exact) mass is 334 g/mol. The highest BCUT2D eigenvalue weighted by atomic mass is 16.2. The number of nitrogens with zero attached hydrogens (tertiary/aromatic N) is 2. The molecule has 1 saturated heterocycles. The third-order valence-electron chi connectivity index (χ3n) is 6.93. The highest BCUT2D eigenvalue weighted by molar-refractivity contribution is 5.98. The van der Waals surface area contributed by atoms with Crippen molar-refractivity contribution in [2.75, 3.05) is 27.2 Å². The predicted octanol–water partition coefficient (Wildman–Crippen LogP) is 3.60. The first kappa shape index (κ1) is 17.9. The van der Waals surface area contributed by atoms with Gasteiger partial charge in [0, 0.05) is 19.4 Å². The Morgan fingerprint density at radius 2 is 1.38 bits per heavy atom. The molecule has 0 aromatic rings. The van der Waals surface area contributed by atoms with Crippen molar-refractivity contribution in [1.29, 1.82) is 0 Å². The lowest BCUT2D eigenvalue weighted by atomic mass is 9.56. The molecule has 0 unspecified atom stereocenters. The highest BCUT2D eigenvalue weighted by Gasteiger charge is 2.48. The summed E-state index contributed by atoms with van der Waals surface area (Å²) in [5.74, 6) is 0.175. The molecule has 4 heteroatoms. The van der Waals surface area contributed by atoms with Gasteiger partial charge in [-0.1, -0.05) is 19.3 Å². The van der Waals surface area contributed by atoms with Crippen molar-refractivity contribution >= 4 is 11.8 Å². The number of hydrogen-bond donors (Lipinski definition) is 0. The molecule has 0 bridgehead atoms. The summed E-state index contributed by atoms with van der Waals surface area (Å²) in [6.45, 7) is 1.51. The highest BCUT2D eigenvalue weighted by Crippen LogP contribution is 2.55. The number of hydrogen-bond acceptors (Lipinski definition) is 3. The second-order valence-corrected chi connectivity index (χ2v) is 9.01. The number of likely N-dealkylation sites (tertiary alicyclic amines) is 1. The molecule has 0 atom stereocenters. The normalized spacial score (nSPS) is 26.5. The molecule has 0 aromatic carbocycles. The Hall–Kier alpha value is -0.900. The van der Waals surface area contributed by atoms with Crippen LogP contribution in [0, 0.1) is 10.8 Å². The number of carbonyl (C=O) groups excluding carboxylic acids is 2. The van der Waals surface area contributed by atoms with E-state index in [2.05, 4.69) is 4.90 Å². The Labute approximate surface area is 146 Å². The zero-order valence-electron chi connectivity index (χ0n) is 15.6. The first-order valence-corrected chi connectivity index (χ1v) is 9.92. The molecule has 0 aromatic heterocycles. The predicted molar refractivity (Wildman–Crippen MR) is 95.5 cm³/mol. The van der Waals surface area contributed by atoms with E-state index >= 15 is 0 Å². The molecule has 2 amide bonds. The fourth-order valence-corrected chi connectivity index (χ4v) is 5.29. The van der Waals surface area contributed by atoms with Gasteiger partial charge in [0.05, 0.1) is 0 Å². The second-order valence-electron chi connectivity index (χ2n) is 9.01. The van der Waals surface area contributed by atoms with Gasteiger partial charge in [-0.15, -0.1) is 0 Å². The van der Waals surface area contributed by atoms with Gasteiger partial charge in [-0.05, 0) is 76.4 Å². The Kier molecular flexibility index (Phi) is 5.33. The van der Waals surface area contributed by atoms with Crippen molar-refractivity contribution < 1.29 is 9.59 Å². The molecule has 2 spiro atoms. The van der Waals surface area contributed by atoms with E-state index in [0.717, 1.165) is 25.8 Å². The summed E-state index contributed by atoms with van der Waals surface area (Å²) < 4.78 is 0. The summed E-state index contributed by atoms with van der Waals surface area (Å²) in [5.41, 5.74) is 0.549. The van der Waals surface area contributed by atoms with Crippen LogP contribution < -0.4 is 0 Å². The Morgan fingerprint density at radius 3 is 1.92 bits per heavy atom. The van der Waals surface area contributed by atoms with Crippen molar-refractivity contribution in [3.05, 3.63) is 0 Å². The van der Waals surface area contributed by atoms with E-state index in [1.807, 2.05) is 14.1 Å². The molecule has 3 rings (SSSR count). The first-order valence-electron chi connectivity index (χ1n) is 9.92.